The van der Waals surface area contributed by atoms with E-state index in [0.29, 0.717) is 21.8 Å². The van der Waals surface area contributed by atoms with E-state index in [4.69, 9.17) is 23.2 Å². The average molecular weight is 374 g/mol. The summed E-state index contributed by atoms with van der Waals surface area (Å²) in [5.41, 5.74) is 1.30. The molecular weight excluding hydrogens is 361 g/mol. The van der Waals surface area contributed by atoms with Crippen LogP contribution in [0.1, 0.15) is 15.9 Å². The molecule has 2 aromatic carbocycles. The van der Waals surface area contributed by atoms with Crippen LogP contribution in [0.4, 0.5) is 5.69 Å². The van der Waals surface area contributed by atoms with Crippen LogP contribution in [0.3, 0.4) is 0 Å². The molecule has 0 heterocycles. The predicted octanol–water partition coefficient (Wildman–Crippen LogP) is 3.90. The number of nitrogens with zero attached hydrogens (tertiary/aromatic N) is 1. The molecule has 2 N–H and O–H groups in total. The molecule has 0 aliphatic rings. The predicted molar refractivity (Wildman–Crippen MR) is 98.5 cm³/mol. The number of nitrogens with one attached hydrogen (secondary N) is 2. The highest BCUT2D eigenvalue weighted by molar-refractivity contribution is 6.44. The molecule has 2 amide bonds. The van der Waals surface area contributed by atoms with Crippen molar-refractivity contribution in [2.24, 2.45) is 0 Å². The first kappa shape index (κ1) is 18.5. The quantitative estimate of drug-likeness (QED) is 0.629. The Kier molecular flexibility index (Phi) is 6.18. The Morgan fingerprint density at radius 2 is 1.80 bits per heavy atom. The monoisotopic (exact) mass is 373 g/mol. The molecule has 0 radical (unpaired) electrons. The van der Waals surface area contributed by atoms with Crippen molar-refractivity contribution in [1.29, 1.82) is 5.26 Å². The second kappa shape index (κ2) is 8.34. The first-order valence-electron chi connectivity index (χ1n) is 7.15. The van der Waals surface area contributed by atoms with Crippen LogP contribution in [0.15, 0.2) is 48.0 Å². The van der Waals surface area contributed by atoms with Gasteiger partial charge in [0.25, 0.3) is 11.8 Å². The molecule has 0 aliphatic carbocycles. The number of carbonyl (C=O) groups is 2. The number of carbonyl (C=O) groups excluding carboxylic acids is 2. The molecule has 7 heteroatoms. The van der Waals surface area contributed by atoms with Crippen molar-refractivity contribution in [3.05, 3.63) is 69.2 Å². The zero-order valence-corrected chi connectivity index (χ0v) is 14.7. The van der Waals surface area contributed by atoms with Gasteiger partial charge in [0.15, 0.2) is 0 Å². The van der Waals surface area contributed by atoms with E-state index < -0.39 is 5.91 Å². The summed E-state index contributed by atoms with van der Waals surface area (Å²) in [6, 6.07) is 13.1. The first-order valence-corrected chi connectivity index (χ1v) is 7.91. The lowest BCUT2D eigenvalue weighted by Gasteiger charge is -2.07. The molecule has 0 bridgehead atoms. The summed E-state index contributed by atoms with van der Waals surface area (Å²) >= 11 is 11.9. The number of hydrogen-bond donors (Lipinski definition) is 2. The zero-order chi connectivity index (χ0) is 18.4. The van der Waals surface area contributed by atoms with Gasteiger partial charge in [-0.3, -0.25) is 9.59 Å². The van der Waals surface area contributed by atoms with Gasteiger partial charge in [-0.05, 0) is 35.9 Å². The topological polar surface area (TPSA) is 82.0 Å². The molecule has 2 aromatic rings. The van der Waals surface area contributed by atoms with Gasteiger partial charge in [-0.25, -0.2) is 0 Å². The van der Waals surface area contributed by atoms with Gasteiger partial charge >= 0.3 is 0 Å². The molecule has 0 saturated heterocycles. The van der Waals surface area contributed by atoms with E-state index in [9.17, 15) is 14.9 Å². The number of nitriles is 1. The summed E-state index contributed by atoms with van der Waals surface area (Å²) in [5.74, 6) is -0.827. The van der Waals surface area contributed by atoms with Crippen LogP contribution in [0.2, 0.25) is 10.0 Å². The molecule has 2 rings (SSSR count). The molecule has 0 unspecified atom stereocenters. The minimum Gasteiger partial charge on any atom is -0.355 e. The van der Waals surface area contributed by atoms with Gasteiger partial charge in [-0.15, -0.1) is 0 Å². The van der Waals surface area contributed by atoms with Crippen LogP contribution >= 0.6 is 23.2 Å². The number of amides is 2. The van der Waals surface area contributed by atoms with Crippen LogP contribution in [0.25, 0.3) is 6.08 Å². The van der Waals surface area contributed by atoms with Crippen molar-refractivity contribution >= 4 is 46.8 Å². The second-order valence-corrected chi connectivity index (χ2v) is 5.71. The van der Waals surface area contributed by atoms with Crippen molar-refractivity contribution in [3.63, 3.8) is 0 Å². The Labute approximate surface area is 154 Å². The Morgan fingerprint density at radius 1 is 1.12 bits per heavy atom. The highest BCUT2D eigenvalue weighted by Crippen LogP contribution is 2.29. The molecule has 5 nitrogen and oxygen atoms in total. The fourth-order valence-electron chi connectivity index (χ4n) is 1.98. The normalized spacial score (nSPS) is 10.7. The Hall–Kier alpha value is -2.81. The third kappa shape index (κ3) is 4.60. The van der Waals surface area contributed by atoms with Gasteiger partial charge in [0.05, 0.1) is 15.7 Å². The highest BCUT2D eigenvalue weighted by atomic mass is 35.5. The van der Waals surface area contributed by atoms with Gasteiger partial charge in [-0.2, -0.15) is 5.26 Å². The summed E-state index contributed by atoms with van der Waals surface area (Å²) in [7, 11) is 1.54. The standard InChI is InChI=1S/C18H13Cl2N3O2/c1-22-17(24)12-7-5-11(6-8-12)9-13(10-21)18(25)23-15-4-2-3-14(19)16(15)20/h2-9H,1H3,(H,22,24)(H,23,25). The summed E-state index contributed by atoms with van der Waals surface area (Å²) in [6.07, 6.45) is 1.42. The van der Waals surface area contributed by atoms with E-state index in [-0.39, 0.29) is 16.5 Å². The Balaban J connectivity index is 2.22. The fourth-order valence-corrected chi connectivity index (χ4v) is 2.33. The van der Waals surface area contributed by atoms with E-state index in [2.05, 4.69) is 10.6 Å². The molecule has 0 saturated carbocycles. The SMILES string of the molecule is CNC(=O)c1ccc(C=C(C#N)C(=O)Nc2cccc(Cl)c2Cl)cc1. The number of halogens is 2. The lowest BCUT2D eigenvalue weighted by atomic mass is 10.1. The minimum absolute atomic E-state index is 0.108. The third-order valence-corrected chi connectivity index (χ3v) is 4.09. The summed E-state index contributed by atoms with van der Waals surface area (Å²) in [6.45, 7) is 0. The largest absolute Gasteiger partial charge is 0.355 e. The van der Waals surface area contributed by atoms with Gasteiger partial charge in [0, 0.05) is 12.6 Å². The maximum atomic E-state index is 12.3. The molecule has 0 spiro atoms. The Bertz CT molecular complexity index is 884. The molecule has 0 aromatic heterocycles. The van der Waals surface area contributed by atoms with Crippen LogP contribution in [-0.2, 0) is 4.79 Å². The summed E-state index contributed by atoms with van der Waals surface area (Å²) in [4.78, 5) is 23.8. The lowest BCUT2D eigenvalue weighted by molar-refractivity contribution is -0.112. The highest BCUT2D eigenvalue weighted by Gasteiger charge is 2.13. The smallest absolute Gasteiger partial charge is 0.266 e. The number of rotatable bonds is 4. The van der Waals surface area contributed by atoms with Crippen molar-refractivity contribution in [2.75, 3.05) is 12.4 Å². The number of benzene rings is 2. The third-order valence-electron chi connectivity index (χ3n) is 3.28. The van der Waals surface area contributed by atoms with Gasteiger partial charge in [0.2, 0.25) is 0 Å². The van der Waals surface area contributed by atoms with E-state index in [1.165, 1.54) is 13.1 Å². The number of hydrogen-bond acceptors (Lipinski definition) is 3. The fraction of sp³-hybridized carbons (Fsp3) is 0.0556. The molecular formula is C18H13Cl2N3O2. The molecule has 25 heavy (non-hydrogen) atoms. The van der Waals surface area contributed by atoms with Gasteiger partial charge in [0.1, 0.15) is 11.6 Å². The summed E-state index contributed by atoms with van der Waals surface area (Å²) in [5, 5.41) is 14.8. The maximum absolute atomic E-state index is 12.3. The molecule has 0 aliphatic heterocycles. The van der Waals surface area contributed by atoms with Gasteiger partial charge in [-0.1, -0.05) is 41.4 Å². The van der Waals surface area contributed by atoms with Crippen LogP contribution in [0.5, 0.6) is 0 Å². The first-order chi connectivity index (χ1) is 12.0. The Morgan fingerprint density at radius 3 is 2.40 bits per heavy atom. The van der Waals surface area contributed by atoms with E-state index in [0.717, 1.165) is 0 Å². The van der Waals surface area contributed by atoms with Crippen molar-refractivity contribution in [3.8, 4) is 6.07 Å². The summed E-state index contributed by atoms with van der Waals surface area (Å²) < 4.78 is 0. The van der Waals surface area contributed by atoms with Crippen molar-refractivity contribution in [1.82, 2.24) is 5.32 Å². The van der Waals surface area contributed by atoms with Crippen LogP contribution in [0, 0.1) is 11.3 Å². The number of anilines is 1. The van der Waals surface area contributed by atoms with Crippen LogP contribution < -0.4 is 10.6 Å². The van der Waals surface area contributed by atoms with Gasteiger partial charge < -0.3 is 10.6 Å². The van der Waals surface area contributed by atoms with Crippen molar-refractivity contribution < 1.29 is 9.59 Å². The molecule has 0 fully saturated rings. The second-order valence-electron chi connectivity index (χ2n) is 4.93. The minimum atomic E-state index is -0.609. The van der Waals surface area contributed by atoms with Crippen LogP contribution in [-0.4, -0.2) is 18.9 Å². The zero-order valence-electron chi connectivity index (χ0n) is 13.1. The van der Waals surface area contributed by atoms with Crippen molar-refractivity contribution in [2.45, 2.75) is 0 Å². The van der Waals surface area contributed by atoms with E-state index in [1.807, 2.05) is 6.07 Å². The van der Waals surface area contributed by atoms with E-state index >= 15 is 0 Å². The maximum Gasteiger partial charge on any atom is 0.266 e. The van der Waals surface area contributed by atoms with E-state index in [1.54, 1.807) is 42.5 Å². The lowest BCUT2D eigenvalue weighted by Crippen LogP contribution is -2.17. The molecule has 0 atom stereocenters. The average Bonchev–Trinajstić information content (AvgIpc) is 2.63. The molecule has 126 valence electrons.